The molecule has 1 unspecified atom stereocenters. The molecule has 1 amide bonds. The molecule has 21 heavy (non-hydrogen) atoms. The van der Waals surface area contributed by atoms with Gasteiger partial charge >= 0.3 is 0 Å². The Bertz CT molecular complexity index is 358. The van der Waals surface area contributed by atoms with Gasteiger partial charge < -0.3 is 15.5 Å². The SMILES string of the molecule is CN=C(NCCNC(=O)C(C)C)N1CCSC(C(C)C)C1. The first kappa shape index (κ1) is 18.1. The maximum Gasteiger partial charge on any atom is 0.222 e. The predicted molar refractivity (Wildman–Crippen MR) is 91.9 cm³/mol. The minimum absolute atomic E-state index is 0.0373. The van der Waals surface area contributed by atoms with E-state index in [9.17, 15) is 4.79 Å². The number of hydrogen-bond acceptors (Lipinski definition) is 3. The molecule has 1 saturated heterocycles. The van der Waals surface area contributed by atoms with E-state index in [1.807, 2.05) is 20.9 Å². The zero-order valence-electron chi connectivity index (χ0n) is 14.0. The Labute approximate surface area is 133 Å². The lowest BCUT2D eigenvalue weighted by Crippen LogP contribution is -2.50. The smallest absolute Gasteiger partial charge is 0.222 e. The van der Waals surface area contributed by atoms with Gasteiger partial charge in [-0.3, -0.25) is 9.79 Å². The van der Waals surface area contributed by atoms with Gasteiger partial charge in [0.1, 0.15) is 0 Å². The Morgan fingerprint density at radius 2 is 1.95 bits per heavy atom. The van der Waals surface area contributed by atoms with Crippen molar-refractivity contribution in [3.8, 4) is 0 Å². The van der Waals surface area contributed by atoms with Crippen LogP contribution in [0.15, 0.2) is 4.99 Å². The Morgan fingerprint density at radius 1 is 1.29 bits per heavy atom. The molecule has 0 radical (unpaired) electrons. The number of thioether (sulfide) groups is 1. The largest absolute Gasteiger partial charge is 0.354 e. The van der Waals surface area contributed by atoms with Crippen LogP contribution in [0.4, 0.5) is 0 Å². The molecule has 0 saturated carbocycles. The Kier molecular flexibility index (Phi) is 7.93. The van der Waals surface area contributed by atoms with E-state index < -0.39 is 0 Å². The zero-order valence-corrected chi connectivity index (χ0v) is 14.8. The molecule has 2 N–H and O–H groups in total. The molecule has 1 rings (SSSR count). The first-order chi connectivity index (χ1) is 9.95. The van der Waals surface area contributed by atoms with Gasteiger partial charge in [-0.05, 0) is 5.92 Å². The van der Waals surface area contributed by atoms with Crippen molar-refractivity contribution in [1.29, 1.82) is 0 Å². The lowest BCUT2D eigenvalue weighted by Gasteiger charge is -2.36. The number of guanidine groups is 1. The molecule has 122 valence electrons. The summed E-state index contributed by atoms with van der Waals surface area (Å²) in [5, 5.41) is 6.92. The topological polar surface area (TPSA) is 56.7 Å². The normalized spacial score (nSPS) is 20.0. The fourth-order valence-electron chi connectivity index (χ4n) is 2.17. The Balaban J connectivity index is 2.36. The number of hydrogen-bond donors (Lipinski definition) is 2. The van der Waals surface area contributed by atoms with Gasteiger partial charge in [0, 0.05) is 50.1 Å². The minimum atomic E-state index is 0.0373. The monoisotopic (exact) mass is 314 g/mol. The van der Waals surface area contributed by atoms with Crippen LogP contribution >= 0.6 is 11.8 Å². The summed E-state index contributed by atoms with van der Waals surface area (Å²) >= 11 is 2.06. The first-order valence-electron chi connectivity index (χ1n) is 7.80. The molecule has 1 heterocycles. The predicted octanol–water partition coefficient (Wildman–Crippen LogP) is 1.41. The van der Waals surface area contributed by atoms with Crippen molar-refractivity contribution in [2.45, 2.75) is 32.9 Å². The van der Waals surface area contributed by atoms with E-state index in [4.69, 9.17) is 0 Å². The van der Waals surface area contributed by atoms with Gasteiger partial charge in [0.25, 0.3) is 0 Å². The fraction of sp³-hybridized carbons (Fsp3) is 0.867. The van der Waals surface area contributed by atoms with Gasteiger partial charge in [0.05, 0.1) is 0 Å². The number of carbonyl (C=O) groups is 1. The first-order valence-corrected chi connectivity index (χ1v) is 8.85. The highest BCUT2D eigenvalue weighted by molar-refractivity contribution is 8.00. The third-order valence-electron chi connectivity index (χ3n) is 3.58. The summed E-state index contributed by atoms with van der Waals surface area (Å²) in [4.78, 5) is 18.2. The molecule has 0 aromatic heterocycles. The molecular formula is C15H30N4OS. The van der Waals surface area contributed by atoms with Crippen molar-refractivity contribution in [1.82, 2.24) is 15.5 Å². The van der Waals surface area contributed by atoms with Crippen LogP contribution in [-0.4, -0.2) is 61.0 Å². The molecule has 1 aliphatic rings. The number of nitrogens with zero attached hydrogens (tertiary/aromatic N) is 2. The molecule has 0 aromatic rings. The summed E-state index contributed by atoms with van der Waals surface area (Å²) in [7, 11) is 1.82. The fourth-order valence-corrected chi connectivity index (χ4v) is 3.47. The number of nitrogens with one attached hydrogen (secondary N) is 2. The second kappa shape index (κ2) is 9.18. The van der Waals surface area contributed by atoms with Crippen molar-refractivity contribution in [2.75, 3.05) is 39.0 Å². The number of amides is 1. The Hall–Kier alpha value is -0.910. The second-order valence-corrected chi connectivity index (χ2v) is 7.37. The molecule has 1 fully saturated rings. The maximum atomic E-state index is 11.5. The van der Waals surface area contributed by atoms with Crippen LogP contribution in [0.3, 0.4) is 0 Å². The maximum absolute atomic E-state index is 11.5. The number of rotatable bonds is 5. The van der Waals surface area contributed by atoms with E-state index >= 15 is 0 Å². The van der Waals surface area contributed by atoms with Gasteiger partial charge in [-0.15, -0.1) is 0 Å². The summed E-state index contributed by atoms with van der Waals surface area (Å²) in [6.07, 6.45) is 0. The van der Waals surface area contributed by atoms with E-state index in [1.54, 1.807) is 0 Å². The summed E-state index contributed by atoms with van der Waals surface area (Å²) in [5.41, 5.74) is 0. The quantitative estimate of drug-likeness (QED) is 0.458. The summed E-state index contributed by atoms with van der Waals surface area (Å²) in [6.45, 7) is 11.8. The van der Waals surface area contributed by atoms with Crippen LogP contribution in [0.1, 0.15) is 27.7 Å². The van der Waals surface area contributed by atoms with Gasteiger partial charge in [-0.2, -0.15) is 11.8 Å². The number of carbonyl (C=O) groups excluding carboxylic acids is 1. The van der Waals surface area contributed by atoms with E-state index in [0.717, 1.165) is 24.8 Å². The zero-order chi connectivity index (χ0) is 15.8. The van der Waals surface area contributed by atoms with E-state index in [-0.39, 0.29) is 11.8 Å². The molecule has 1 atom stereocenters. The van der Waals surface area contributed by atoms with Crippen LogP contribution in [0.5, 0.6) is 0 Å². The summed E-state index contributed by atoms with van der Waals surface area (Å²) < 4.78 is 0. The molecule has 0 aromatic carbocycles. The van der Waals surface area contributed by atoms with Crippen LogP contribution in [0.25, 0.3) is 0 Å². The molecule has 5 nitrogen and oxygen atoms in total. The highest BCUT2D eigenvalue weighted by Gasteiger charge is 2.24. The van der Waals surface area contributed by atoms with Crippen LogP contribution < -0.4 is 10.6 Å². The second-order valence-electron chi connectivity index (χ2n) is 6.02. The minimum Gasteiger partial charge on any atom is -0.354 e. The van der Waals surface area contributed by atoms with Crippen LogP contribution in [0.2, 0.25) is 0 Å². The van der Waals surface area contributed by atoms with Crippen molar-refractivity contribution < 1.29 is 4.79 Å². The van der Waals surface area contributed by atoms with Crippen molar-refractivity contribution in [3.05, 3.63) is 0 Å². The van der Waals surface area contributed by atoms with Gasteiger partial charge in [-0.1, -0.05) is 27.7 Å². The van der Waals surface area contributed by atoms with Crippen molar-refractivity contribution in [2.24, 2.45) is 16.8 Å². The van der Waals surface area contributed by atoms with Crippen LogP contribution in [0, 0.1) is 11.8 Å². The average Bonchev–Trinajstić information content (AvgIpc) is 2.47. The summed E-state index contributed by atoms with van der Waals surface area (Å²) in [6, 6.07) is 0. The van der Waals surface area contributed by atoms with Gasteiger partial charge in [-0.25, -0.2) is 0 Å². The van der Waals surface area contributed by atoms with Gasteiger partial charge in [0.2, 0.25) is 5.91 Å². The highest BCUT2D eigenvalue weighted by atomic mass is 32.2. The third-order valence-corrected chi connectivity index (χ3v) is 5.12. The van der Waals surface area contributed by atoms with E-state index in [0.29, 0.717) is 24.3 Å². The molecule has 0 aliphatic carbocycles. The average molecular weight is 314 g/mol. The third kappa shape index (κ3) is 6.16. The number of aliphatic imine (C=N–C) groups is 1. The van der Waals surface area contributed by atoms with Crippen molar-refractivity contribution >= 4 is 23.6 Å². The lowest BCUT2D eigenvalue weighted by molar-refractivity contribution is -0.123. The Morgan fingerprint density at radius 3 is 2.52 bits per heavy atom. The summed E-state index contributed by atoms with van der Waals surface area (Å²) in [5.74, 6) is 2.91. The molecular weight excluding hydrogens is 284 g/mol. The molecule has 0 spiro atoms. The molecule has 1 aliphatic heterocycles. The lowest BCUT2D eigenvalue weighted by atomic mass is 10.1. The van der Waals surface area contributed by atoms with E-state index in [2.05, 4.69) is 46.1 Å². The molecule has 6 heteroatoms. The van der Waals surface area contributed by atoms with Gasteiger partial charge in [0.15, 0.2) is 5.96 Å². The standard InChI is InChI=1S/C15H30N4OS/c1-11(2)13-10-19(8-9-21-13)15(16-5)18-7-6-17-14(20)12(3)4/h11-13H,6-10H2,1-5H3,(H,16,18)(H,17,20). The van der Waals surface area contributed by atoms with Crippen molar-refractivity contribution in [3.63, 3.8) is 0 Å². The molecule has 0 bridgehead atoms. The highest BCUT2D eigenvalue weighted by Crippen LogP contribution is 2.24. The van der Waals surface area contributed by atoms with E-state index in [1.165, 1.54) is 0 Å². The van der Waals surface area contributed by atoms with Crippen LogP contribution in [-0.2, 0) is 4.79 Å².